The van der Waals surface area contributed by atoms with Gasteiger partial charge >= 0.3 is 0 Å². The van der Waals surface area contributed by atoms with Crippen molar-refractivity contribution in [2.24, 2.45) is 11.0 Å². The number of hydrazine groups is 1. The molecule has 1 aliphatic heterocycles. The van der Waals surface area contributed by atoms with E-state index >= 15 is 0 Å². The number of nitrogens with two attached hydrogens (primary N) is 1. The zero-order valence-corrected chi connectivity index (χ0v) is 13.3. The van der Waals surface area contributed by atoms with Crippen LogP contribution < -0.4 is 16.5 Å². The molecule has 1 fully saturated rings. The van der Waals surface area contributed by atoms with Gasteiger partial charge in [-0.05, 0) is 24.4 Å². The Kier molecular flexibility index (Phi) is 4.01. The highest BCUT2D eigenvalue weighted by atomic mass is 32.1. The van der Waals surface area contributed by atoms with E-state index in [1.54, 1.807) is 16.9 Å². The Labute approximate surface area is 133 Å². The summed E-state index contributed by atoms with van der Waals surface area (Å²) in [6.07, 6.45) is 14.2. The minimum Gasteiger partial charge on any atom is -0.258 e. The third-order valence-electron chi connectivity index (χ3n) is 4.56. The summed E-state index contributed by atoms with van der Waals surface area (Å²) in [6, 6.07) is 0. The van der Waals surface area contributed by atoms with E-state index in [4.69, 9.17) is 0 Å². The molecule has 1 unspecified atom stereocenters. The Morgan fingerprint density at radius 2 is 2.09 bits per heavy atom. The molecule has 4 N–H and O–H groups in total. The quantitative estimate of drug-likeness (QED) is 0.737. The lowest BCUT2D eigenvalue weighted by Crippen LogP contribution is -2.87. The third kappa shape index (κ3) is 2.84. The molecule has 2 aliphatic carbocycles. The number of nitrogens with one attached hydrogen (secondary N) is 2. The molecule has 0 amide bonds. The van der Waals surface area contributed by atoms with Crippen LogP contribution in [0.25, 0.3) is 5.57 Å². The van der Waals surface area contributed by atoms with E-state index in [0.29, 0.717) is 11.8 Å². The zero-order chi connectivity index (χ0) is 14.8. The van der Waals surface area contributed by atoms with Crippen LogP contribution in [0.15, 0.2) is 23.3 Å². The van der Waals surface area contributed by atoms with Gasteiger partial charge < -0.3 is 0 Å². The molecule has 3 aliphatic rings. The number of allylic oxidation sites excluding steroid dienone is 3. The van der Waals surface area contributed by atoms with Crippen LogP contribution >= 0.6 is 11.3 Å². The molecule has 6 nitrogen and oxygen atoms in total. The first-order chi connectivity index (χ1) is 10.9. The van der Waals surface area contributed by atoms with Gasteiger partial charge in [0.05, 0.1) is 0 Å². The van der Waals surface area contributed by atoms with Crippen LogP contribution in [-0.4, -0.2) is 16.0 Å². The maximum Gasteiger partial charge on any atom is 0.185 e. The number of hydrogen-bond acceptors (Lipinski definition) is 6. The van der Waals surface area contributed by atoms with Gasteiger partial charge in [-0.15, -0.1) is 15.7 Å². The minimum absolute atomic E-state index is 0.320. The fourth-order valence-electron chi connectivity index (χ4n) is 3.28. The highest BCUT2D eigenvalue weighted by Gasteiger charge is 2.23. The van der Waals surface area contributed by atoms with Gasteiger partial charge in [0.25, 0.3) is 0 Å². The SMILES string of the molecule is C1=CC(C2=N[NH2+]NN2)CC=C1c1nnc(C2CCCCC2)s1. The molecule has 1 aromatic heterocycles. The molecule has 0 saturated heterocycles. The smallest absolute Gasteiger partial charge is 0.185 e. The molecule has 2 heterocycles. The van der Waals surface area contributed by atoms with Gasteiger partial charge in [-0.25, -0.2) is 0 Å². The molecule has 1 saturated carbocycles. The van der Waals surface area contributed by atoms with Crippen molar-refractivity contribution in [3.05, 3.63) is 28.2 Å². The minimum atomic E-state index is 0.320. The largest absolute Gasteiger partial charge is 0.258 e. The first-order valence-corrected chi connectivity index (χ1v) is 8.85. The summed E-state index contributed by atoms with van der Waals surface area (Å²) in [5, 5.41) is 15.4. The van der Waals surface area contributed by atoms with Crippen LogP contribution in [0.1, 0.15) is 54.5 Å². The van der Waals surface area contributed by atoms with Crippen molar-refractivity contribution < 1.29 is 5.53 Å². The van der Waals surface area contributed by atoms with Crippen LogP contribution in [0.5, 0.6) is 0 Å². The van der Waals surface area contributed by atoms with E-state index < -0.39 is 0 Å². The van der Waals surface area contributed by atoms with Crippen molar-refractivity contribution >= 4 is 22.7 Å². The summed E-state index contributed by atoms with van der Waals surface area (Å²) in [5.74, 6) is 1.94. The average Bonchev–Trinajstić information content (AvgIpc) is 3.28. The molecule has 0 spiro atoms. The summed E-state index contributed by atoms with van der Waals surface area (Å²) >= 11 is 1.77. The Balaban J connectivity index is 1.44. The van der Waals surface area contributed by atoms with Gasteiger partial charge in [0.15, 0.2) is 5.84 Å². The van der Waals surface area contributed by atoms with Crippen molar-refractivity contribution in [2.75, 3.05) is 0 Å². The summed E-state index contributed by atoms with van der Waals surface area (Å²) < 4.78 is 0. The van der Waals surface area contributed by atoms with Crippen molar-refractivity contribution in [3.63, 3.8) is 0 Å². The Bertz CT molecular complexity index is 626. The normalized spacial score (nSPS) is 25.7. The first-order valence-electron chi connectivity index (χ1n) is 8.03. The number of nitrogens with zero attached hydrogens (tertiary/aromatic N) is 3. The maximum atomic E-state index is 4.45. The number of quaternary nitrogens is 1. The molecule has 1 atom stereocenters. The van der Waals surface area contributed by atoms with Gasteiger partial charge in [-0.1, -0.05) is 54.4 Å². The first kappa shape index (κ1) is 14.0. The van der Waals surface area contributed by atoms with Gasteiger partial charge in [-0.2, -0.15) is 0 Å². The molecule has 116 valence electrons. The predicted octanol–water partition coefficient (Wildman–Crippen LogP) is 1.44. The van der Waals surface area contributed by atoms with E-state index in [1.807, 2.05) is 0 Å². The summed E-state index contributed by atoms with van der Waals surface area (Å²) in [4.78, 5) is 0. The van der Waals surface area contributed by atoms with Crippen molar-refractivity contribution in [1.29, 1.82) is 0 Å². The third-order valence-corrected chi connectivity index (χ3v) is 5.70. The molecular weight excluding hydrogens is 296 g/mol. The van der Waals surface area contributed by atoms with Crippen LogP contribution in [0.3, 0.4) is 0 Å². The van der Waals surface area contributed by atoms with Crippen molar-refractivity contribution in [2.45, 2.75) is 44.4 Å². The average molecular weight is 317 g/mol. The molecule has 22 heavy (non-hydrogen) atoms. The maximum absolute atomic E-state index is 4.45. The molecule has 0 radical (unpaired) electrons. The van der Waals surface area contributed by atoms with Crippen molar-refractivity contribution in [1.82, 2.24) is 21.2 Å². The molecule has 0 aromatic carbocycles. The second-order valence-electron chi connectivity index (χ2n) is 6.05. The Hall–Kier alpha value is -1.57. The van der Waals surface area contributed by atoms with Gasteiger partial charge in [0.2, 0.25) is 0 Å². The molecule has 1 aromatic rings. The second kappa shape index (κ2) is 6.28. The van der Waals surface area contributed by atoms with Gasteiger partial charge in [0, 0.05) is 17.4 Å². The lowest BCUT2D eigenvalue weighted by atomic mass is 9.90. The van der Waals surface area contributed by atoms with Crippen molar-refractivity contribution in [3.8, 4) is 0 Å². The second-order valence-corrected chi connectivity index (χ2v) is 7.06. The fourth-order valence-corrected chi connectivity index (χ4v) is 4.31. The van der Waals surface area contributed by atoms with Gasteiger partial charge in [0.1, 0.15) is 10.0 Å². The fraction of sp³-hybridized carbons (Fsp3) is 0.533. The Morgan fingerprint density at radius 3 is 2.82 bits per heavy atom. The molecule has 7 heteroatoms. The summed E-state index contributed by atoms with van der Waals surface area (Å²) in [5.41, 5.74) is 8.85. The van der Waals surface area contributed by atoms with E-state index in [2.05, 4.69) is 44.5 Å². The van der Waals surface area contributed by atoms with Crippen LogP contribution in [0.4, 0.5) is 0 Å². The molecular formula is C15H21N6S+. The van der Waals surface area contributed by atoms with Crippen LogP contribution in [0.2, 0.25) is 0 Å². The summed E-state index contributed by atoms with van der Waals surface area (Å²) in [7, 11) is 0. The highest BCUT2D eigenvalue weighted by Crippen LogP contribution is 2.36. The molecule has 0 bridgehead atoms. The summed E-state index contributed by atoms with van der Waals surface area (Å²) in [6.45, 7) is 0. The lowest BCUT2D eigenvalue weighted by Gasteiger charge is -2.18. The Morgan fingerprint density at radius 1 is 1.18 bits per heavy atom. The van der Waals surface area contributed by atoms with E-state index in [9.17, 15) is 0 Å². The van der Waals surface area contributed by atoms with Crippen LogP contribution in [0, 0.1) is 5.92 Å². The standard InChI is InChI=1S/C15H20N6S/c1-2-4-11(5-3-1)14-18-19-15(22-14)12-8-6-10(7-9-12)13-16-20-21-17-13/h6,8-11,20-21H,1-5,7H2,(H,16,17)/p+1. The number of aromatic nitrogens is 2. The van der Waals surface area contributed by atoms with E-state index in [1.165, 1.54) is 42.7 Å². The number of rotatable bonds is 3. The monoisotopic (exact) mass is 317 g/mol. The predicted molar refractivity (Wildman–Crippen MR) is 86.6 cm³/mol. The van der Waals surface area contributed by atoms with Gasteiger partial charge in [-0.3, -0.25) is 5.43 Å². The van der Waals surface area contributed by atoms with E-state index in [0.717, 1.165) is 17.3 Å². The zero-order valence-electron chi connectivity index (χ0n) is 12.5. The van der Waals surface area contributed by atoms with E-state index in [-0.39, 0.29) is 0 Å². The topological polar surface area (TPSA) is 78.8 Å². The molecule has 4 rings (SSSR count). The number of hydrogen-bond donors (Lipinski definition) is 3. The number of amidine groups is 1. The lowest BCUT2D eigenvalue weighted by molar-refractivity contribution is -0.713. The highest BCUT2D eigenvalue weighted by molar-refractivity contribution is 7.12. The van der Waals surface area contributed by atoms with Crippen LogP contribution in [-0.2, 0) is 0 Å².